The van der Waals surface area contributed by atoms with Gasteiger partial charge in [0.05, 0.1) is 12.7 Å². The fourth-order valence-electron chi connectivity index (χ4n) is 1.61. The number of halogens is 4. The standard InChI is InChI=1S/C13H18F3NO.ClH/c1-12(2,3)11(17)9-6-5-8(13(14,15)16)7-10(9)18-4;/h5-7,11H,17H2,1-4H3;1H/t11-;/m1./s1. The molecule has 2 N–H and O–H groups in total. The predicted octanol–water partition coefficient (Wildman–Crippen LogP) is 4.18. The van der Waals surface area contributed by atoms with Crippen LogP contribution in [-0.4, -0.2) is 7.11 Å². The highest BCUT2D eigenvalue weighted by Gasteiger charge is 2.33. The molecule has 0 saturated heterocycles. The van der Waals surface area contributed by atoms with Crippen LogP contribution in [0, 0.1) is 5.41 Å². The van der Waals surface area contributed by atoms with Gasteiger partial charge in [-0.1, -0.05) is 26.8 Å². The van der Waals surface area contributed by atoms with Gasteiger partial charge in [-0.15, -0.1) is 12.4 Å². The first-order valence-electron chi connectivity index (χ1n) is 5.58. The number of nitrogens with two attached hydrogens (primary N) is 1. The number of alkyl halides is 3. The summed E-state index contributed by atoms with van der Waals surface area (Å²) in [5.74, 6) is 0.173. The van der Waals surface area contributed by atoms with E-state index >= 15 is 0 Å². The fourth-order valence-corrected chi connectivity index (χ4v) is 1.61. The van der Waals surface area contributed by atoms with E-state index in [-0.39, 0.29) is 23.6 Å². The minimum Gasteiger partial charge on any atom is -0.496 e. The predicted molar refractivity (Wildman–Crippen MR) is 71.6 cm³/mol. The van der Waals surface area contributed by atoms with Gasteiger partial charge in [-0.2, -0.15) is 13.2 Å². The second-order valence-electron chi connectivity index (χ2n) is 5.30. The molecule has 1 aromatic rings. The van der Waals surface area contributed by atoms with Gasteiger partial charge in [0, 0.05) is 11.6 Å². The molecule has 0 radical (unpaired) electrons. The molecule has 110 valence electrons. The van der Waals surface area contributed by atoms with E-state index in [4.69, 9.17) is 10.5 Å². The first-order chi connectivity index (χ1) is 8.07. The third-order valence-electron chi connectivity index (χ3n) is 2.83. The molecule has 0 fully saturated rings. The van der Waals surface area contributed by atoms with Gasteiger partial charge >= 0.3 is 6.18 Å². The first kappa shape index (κ1) is 18.1. The Balaban J connectivity index is 0.00000324. The Hall–Kier alpha value is -0.940. The molecule has 0 aliphatic heterocycles. The largest absolute Gasteiger partial charge is 0.496 e. The van der Waals surface area contributed by atoms with Crippen molar-refractivity contribution in [2.24, 2.45) is 11.1 Å². The van der Waals surface area contributed by atoms with Crippen molar-refractivity contribution in [3.05, 3.63) is 29.3 Å². The molecular formula is C13H19ClF3NO. The van der Waals surface area contributed by atoms with E-state index in [2.05, 4.69) is 0 Å². The van der Waals surface area contributed by atoms with Crippen LogP contribution in [0.15, 0.2) is 18.2 Å². The molecule has 2 nitrogen and oxygen atoms in total. The number of hydrogen-bond acceptors (Lipinski definition) is 2. The van der Waals surface area contributed by atoms with Crippen LogP contribution >= 0.6 is 12.4 Å². The highest BCUT2D eigenvalue weighted by molar-refractivity contribution is 5.85. The van der Waals surface area contributed by atoms with E-state index in [1.165, 1.54) is 13.2 Å². The zero-order valence-electron chi connectivity index (χ0n) is 11.3. The summed E-state index contributed by atoms with van der Waals surface area (Å²) in [6.45, 7) is 5.78. The zero-order chi connectivity index (χ0) is 14.1. The number of benzene rings is 1. The van der Waals surface area contributed by atoms with Crippen molar-refractivity contribution in [1.29, 1.82) is 0 Å². The molecular weight excluding hydrogens is 279 g/mol. The van der Waals surface area contributed by atoms with Crippen LogP contribution in [0.1, 0.15) is 37.9 Å². The summed E-state index contributed by atoms with van der Waals surface area (Å²) in [4.78, 5) is 0. The summed E-state index contributed by atoms with van der Waals surface area (Å²) in [5.41, 5.74) is 5.64. The summed E-state index contributed by atoms with van der Waals surface area (Å²) in [7, 11) is 1.34. The van der Waals surface area contributed by atoms with Crippen LogP contribution in [-0.2, 0) is 6.18 Å². The van der Waals surface area contributed by atoms with Crippen LogP contribution in [0.5, 0.6) is 5.75 Å². The Morgan fingerprint density at radius 3 is 2.05 bits per heavy atom. The molecule has 19 heavy (non-hydrogen) atoms. The van der Waals surface area contributed by atoms with Gasteiger partial charge in [-0.05, 0) is 17.5 Å². The molecule has 6 heteroatoms. The second kappa shape index (κ2) is 6.01. The lowest BCUT2D eigenvalue weighted by molar-refractivity contribution is -0.137. The third kappa shape index (κ3) is 4.28. The molecule has 1 atom stereocenters. The Morgan fingerprint density at radius 2 is 1.68 bits per heavy atom. The number of methoxy groups -OCH3 is 1. The Morgan fingerprint density at radius 1 is 1.16 bits per heavy atom. The molecule has 1 aromatic carbocycles. The number of ether oxygens (including phenoxy) is 1. The van der Waals surface area contributed by atoms with Crippen LogP contribution in [0.25, 0.3) is 0 Å². The van der Waals surface area contributed by atoms with Crippen LogP contribution in [0.3, 0.4) is 0 Å². The van der Waals surface area contributed by atoms with Crippen molar-refractivity contribution in [3.8, 4) is 5.75 Å². The molecule has 0 heterocycles. The topological polar surface area (TPSA) is 35.2 Å². The summed E-state index contributed by atoms with van der Waals surface area (Å²) in [6, 6.07) is 3.01. The molecule has 0 saturated carbocycles. The summed E-state index contributed by atoms with van der Waals surface area (Å²) >= 11 is 0. The van der Waals surface area contributed by atoms with Gasteiger partial charge in [0.15, 0.2) is 0 Å². The Labute approximate surface area is 117 Å². The van der Waals surface area contributed by atoms with E-state index in [1.807, 2.05) is 20.8 Å². The van der Waals surface area contributed by atoms with Crippen molar-refractivity contribution in [2.75, 3.05) is 7.11 Å². The Kier molecular flexibility index (Phi) is 5.71. The van der Waals surface area contributed by atoms with E-state index in [0.717, 1.165) is 12.1 Å². The lowest BCUT2D eigenvalue weighted by Crippen LogP contribution is -2.26. The van der Waals surface area contributed by atoms with Gasteiger partial charge in [-0.25, -0.2) is 0 Å². The van der Waals surface area contributed by atoms with Gasteiger partial charge < -0.3 is 10.5 Å². The van der Waals surface area contributed by atoms with E-state index in [1.54, 1.807) is 0 Å². The highest BCUT2D eigenvalue weighted by Crippen LogP contribution is 2.39. The van der Waals surface area contributed by atoms with E-state index < -0.39 is 17.8 Å². The average Bonchev–Trinajstić information content (AvgIpc) is 2.24. The van der Waals surface area contributed by atoms with Crippen molar-refractivity contribution < 1.29 is 17.9 Å². The van der Waals surface area contributed by atoms with Crippen LogP contribution in [0.4, 0.5) is 13.2 Å². The molecule has 0 aliphatic carbocycles. The maximum Gasteiger partial charge on any atom is 0.416 e. The number of hydrogen-bond donors (Lipinski definition) is 1. The number of rotatable bonds is 2. The second-order valence-corrected chi connectivity index (χ2v) is 5.30. The highest BCUT2D eigenvalue weighted by atomic mass is 35.5. The van der Waals surface area contributed by atoms with Crippen LogP contribution in [0.2, 0.25) is 0 Å². The SMILES string of the molecule is COc1cc(C(F)(F)F)ccc1[C@@H](N)C(C)(C)C.Cl. The summed E-state index contributed by atoms with van der Waals surface area (Å²) in [6.07, 6.45) is -4.38. The molecule has 0 spiro atoms. The smallest absolute Gasteiger partial charge is 0.416 e. The van der Waals surface area contributed by atoms with Gasteiger partial charge in [0.2, 0.25) is 0 Å². The fraction of sp³-hybridized carbons (Fsp3) is 0.538. The van der Waals surface area contributed by atoms with Gasteiger partial charge in [0.1, 0.15) is 5.75 Å². The van der Waals surface area contributed by atoms with Crippen molar-refractivity contribution in [3.63, 3.8) is 0 Å². The lowest BCUT2D eigenvalue weighted by Gasteiger charge is -2.29. The first-order valence-corrected chi connectivity index (χ1v) is 5.58. The average molecular weight is 298 g/mol. The van der Waals surface area contributed by atoms with E-state index in [0.29, 0.717) is 5.56 Å². The van der Waals surface area contributed by atoms with Gasteiger partial charge in [0.25, 0.3) is 0 Å². The maximum absolute atomic E-state index is 12.6. The lowest BCUT2D eigenvalue weighted by atomic mass is 9.82. The van der Waals surface area contributed by atoms with Gasteiger partial charge in [-0.3, -0.25) is 0 Å². The van der Waals surface area contributed by atoms with E-state index in [9.17, 15) is 13.2 Å². The normalized spacial score (nSPS) is 13.7. The summed E-state index contributed by atoms with van der Waals surface area (Å²) in [5, 5.41) is 0. The van der Waals surface area contributed by atoms with Crippen LogP contribution < -0.4 is 10.5 Å². The monoisotopic (exact) mass is 297 g/mol. The molecule has 0 aromatic heterocycles. The minimum atomic E-state index is -4.38. The molecule has 0 unspecified atom stereocenters. The van der Waals surface area contributed by atoms with Crippen molar-refractivity contribution >= 4 is 12.4 Å². The van der Waals surface area contributed by atoms with Crippen molar-refractivity contribution in [1.82, 2.24) is 0 Å². The molecule has 0 bridgehead atoms. The Bertz CT molecular complexity index is 427. The quantitative estimate of drug-likeness (QED) is 0.888. The molecule has 1 rings (SSSR count). The molecule has 0 aliphatic rings. The van der Waals surface area contributed by atoms with Crippen molar-refractivity contribution in [2.45, 2.75) is 33.0 Å². The maximum atomic E-state index is 12.6. The minimum absolute atomic E-state index is 0. The summed E-state index contributed by atoms with van der Waals surface area (Å²) < 4.78 is 42.8. The molecule has 0 amide bonds. The zero-order valence-corrected chi connectivity index (χ0v) is 12.2. The third-order valence-corrected chi connectivity index (χ3v) is 2.83.